The van der Waals surface area contributed by atoms with E-state index in [1.54, 1.807) is 25.2 Å². The van der Waals surface area contributed by atoms with Gasteiger partial charge in [0.2, 0.25) is 5.91 Å². The van der Waals surface area contributed by atoms with E-state index in [1.165, 1.54) is 0 Å². The summed E-state index contributed by atoms with van der Waals surface area (Å²) in [4.78, 5) is 14.0. The Labute approximate surface area is 123 Å². The number of fused-ring (bicyclic) bond motifs is 1. The standard InChI is InChI=1S/C16H19NO4/c1-16(19)5-6-17(10-16)15(18)7-11-9-21-14-8-12(20-2)3-4-13(11)14/h3-4,8-9,19H,5-7,10H2,1-2H3. The van der Waals surface area contributed by atoms with Crippen LogP contribution in [0, 0.1) is 0 Å². The van der Waals surface area contributed by atoms with E-state index in [-0.39, 0.29) is 12.3 Å². The molecule has 1 aliphatic rings. The van der Waals surface area contributed by atoms with Crippen LogP contribution in [0.2, 0.25) is 0 Å². The molecule has 1 unspecified atom stereocenters. The number of hydrogen-bond donors (Lipinski definition) is 1. The number of benzene rings is 1. The van der Waals surface area contributed by atoms with Crippen molar-refractivity contribution in [1.29, 1.82) is 0 Å². The predicted molar refractivity (Wildman–Crippen MR) is 78.3 cm³/mol. The fourth-order valence-electron chi connectivity index (χ4n) is 2.76. The molecule has 1 amide bonds. The maximum atomic E-state index is 12.3. The number of likely N-dealkylation sites (tertiary alicyclic amines) is 1. The molecule has 0 saturated carbocycles. The summed E-state index contributed by atoms with van der Waals surface area (Å²) >= 11 is 0. The Balaban J connectivity index is 1.77. The van der Waals surface area contributed by atoms with Crippen LogP contribution in [-0.4, -0.2) is 41.7 Å². The Morgan fingerprint density at radius 1 is 1.52 bits per heavy atom. The highest BCUT2D eigenvalue weighted by Gasteiger charge is 2.33. The van der Waals surface area contributed by atoms with Gasteiger partial charge in [0.05, 0.1) is 25.4 Å². The third-order valence-corrected chi connectivity index (χ3v) is 4.01. The SMILES string of the molecule is COc1ccc2c(CC(=O)N3CCC(C)(O)C3)coc2c1. The third-order valence-electron chi connectivity index (χ3n) is 4.01. The molecule has 0 radical (unpaired) electrons. The molecule has 1 fully saturated rings. The van der Waals surface area contributed by atoms with Crippen LogP contribution in [0.5, 0.6) is 5.75 Å². The number of amides is 1. The molecular weight excluding hydrogens is 270 g/mol. The molecule has 5 nitrogen and oxygen atoms in total. The number of aliphatic hydroxyl groups is 1. The Morgan fingerprint density at radius 2 is 2.33 bits per heavy atom. The van der Waals surface area contributed by atoms with Crippen LogP contribution in [0.3, 0.4) is 0 Å². The number of nitrogens with zero attached hydrogens (tertiary/aromatic N) is 1. The molecule has 3 rings (SSSR count). The lowest BCUT2D eigenvalue weighted by molar-refractivity contribution is -0.130. The van der Waals surface area contributed by atoms with Gasteiger partial charge in [-0.2, -0.15) is 0 Å². The number of hydrogen-bond acceptors (Lipinski definition) is 4. The average Bonchev–Trinajstić information content (AvgIpc) is 3.02. The van der Waals surface area contributed by atoms with Gasteiger partial charge < -0.3 is 19.2 Å². The minimum Gasteiger partial charge on any atom is -0.497 e. The largest absolute Gasteiger partial charge is 0.497 e. The van der Waals surface area contributed by atoms with Gasteiger partial charge in [0, 0.05) is 30.1 Å². The number of furan rings is 1. The lowest BCUT2D eigenvalue weighted by Crippen LogP contribution is -2.34. The molecule has 0 spiro atoms. The molecule has 2 heterocycles. The van der Waals surface area contributed by atoms with E-state index < -0.39 is 5.60 Å². The summed E-state index contributed by atoms with van der Waals surface area (Å²) in [5.74, 6) is 0.747. The van der Waals surface area contributed by atoms with Gasteiger partial charge in [-0.3, -0.25) is 4.79 Å². The lowest BCUT2D eigenvalue weighted by Gasteiger charge is -2.18. The molecule has 1 aromatic heterocycles. The summed E-state index contributed by atoms with van der Waals surface area (Å²) in [6, 6.07) is 5.57. The van der Waals surface area contributed by atoms with Crippen molar-refractivity contribution in [2.45, 2.75) is 25.4 Å². The second-order valence-electron chi connectivity index (χ2n) is 5.86. The fraction of sp³-hybridized carbons (Fsp3) is 0.438. The smallest absolute Gasteiger partial charge is 0.227 e. The quantitative estimate of drug-likeness (QED) is 0.938. The zero-order valence-corrected chi connectivity index (χ0v) is 12.3. The zero-order chi connectivity index (χ0) is 15.0. The minimum atomic E-state index is -0.762. The van der Waals surface area contributed by atoms with Crippen LogP contribution in [0.4, 0.5) is 0 Å². The van der Waals surface area contributed by atoms with Gasteiger partial charge in [-0.25, -0.2) is 0 Å². The van der Waals surface area contributed by atoms with E-state index in [1.807, 2.05) is 18.2 Å². The maximum Gasteiger partial charge on any atom is 0.227 e. The number of ether oxygens (including phenoxy) is 1. The van der Waals surface area contributed by atoms with Gasteiger partial charge in [0.25, 0.3) is 0 Å². The van der Waals surface area contributed by atoms with E-state index in [9.17, 15) is 9.90 Å². The highest BCUT2D eigenvalue weighted by molar-refractivity contribution is 5.88. The molecule has 1 saturated heterocycles. The highest BCUT2D eigenvalue weighted by atomic mass is 16.5. The molecular formula is C16H19NO4. The minimum absolute atomic E-state index is 0.0197. The van der Waals surface area contributed by atoms with Gasteiger partial charge in [0.1, 0.15) is 11.3 Å². The Bertz CT molecular complexity index is 674. The van der Waals surface area contributed by atoms with Crippen molar-refractivity contribution in [3.63, 3.8) is 0 Å². The summed E-state index contributed by atoms with van der Waals surface area (Å²) in [6.45, 7) is 2.77. The maximum absolute atomic E-state index is 12.3. The van der Waals surface area contributed by atoms with E-state index in [0.717, 1.165) is 16.7 Å². The first kappa shape index (κ1) is 13.9. The van der Waals surface area contributed by atoms with Gasteiger partial charge in [-0.1, -0.05) is 0 Å². The summed E-state index contributed by atoms with van der Waals surface area (Å²) < 4.78 is 10.6. The van der Waals surface area contributed by atoms with Crippen LogP contribution in [-0.2, 0) is 11.2 Å². The van der Waals surface area contributed by atoms with E-state index in [4.69, 9.17) is 9.15 Å². The Hall–Kier alpha value is -2.01. The van der Waals surface area contributed by atoms with E-state index >= 15 is 0 Å². The van der Waals surface area contributed by atoms with Crippen LogP contribution in [0.25, 0.3) is 11.0 Å². The number of carbonyl (C=O) groups excluding carboxylic acids is 1. The van der Waals surface area contributed by atoms with Crippen molar-refractivity contribution in [3.8, 4) is 5.75 Å². The average molecular weight is 289 g/mol. The van der Waals surface area contributed by atoms with Gasteiger partial charge in [-0.15, -0.1) is 0 Å². The molecule has 5 heteroatoms. The summed E-state index contributed by atoms with van der Waals surface area (Å²) in [5.41, 5.74) is 0.816. The number of carbonyl (C=O) groups is 1. The first-order chi connectivity index (χ1) is 9.98. The molecule has 1 aliphatic heterocycles. The van der Waals surface area contributed by atoms with Crippen molar-refractivity contribution in [2.24, 2.45) is 0 Å². The molecule has 1 N–H and O–H groups in total. The van der Waals surface area contributed by atoms with Gasteiger partial charge >= 0.3 is 0 Å². The molecule has 1 aromatic carbocycles. The molecule has 21 heavy (non-hydrogen) atoms. The Kier molecular flexibility index (Phi) is 3.37. The van der Waals surface area contributed by atoms with Gasteiger partial charge in [-0.05, 0) is 25.5 Å². The summed E-state index contributed by atoms with van der Waals surface area (Å²) in [5, 5.41) is 10.9. The number of rotatable bonds is 3. The molecule has 0 bridgehead atoms. The first-order valence-electron chi connectivity index (χ1n) is 7.03. The summed E-state index contributed by atoms with van der Waals surface area (Å²) in [7, 11) is 1.60. The first-order valence-corrected chi connectivity index (χ1v) is 7.03. The third kappa shape index (κ3) is 2.74. The van der Waals surface area contributed by atoms with Gasteiger partial charge in [0.15, 0.2) is 0 Å². The molecule has 2 aromatic rings. The monoisotopic (exact) mass is 289 g/mol. The van der Waals surface area contributed by atoms with Crippen LogP contribution in [0.1, 0.15) is 18.9 Å². The van der Waals surface area contributed by atoms with Crippen molar-refractivity contribution in [1.82, 2.24) is 4.90 Å². The number of β-amino-alcohol motifs (C(OH)–C–C–N with tert-alkyl or cyclic N) is 1. The van der Waals surface area contributed by atoms with Crippen LogP contribution >= 0.6 is 0 Å². The predicted octanol–water partition coefficient (Wildman–Crippen LogP) is 1.97. The highest BCUT2D eigenvalue weighted by Crippen LogP contribution is 2.27. The topological polar surface area (TPSA) is 62.9 Å². The van der Waals surface area contributed by atoms with Crippen molar-refractivity contribution >= 4 is 16.9 Å². The molecule has 1 atom stereocenters. The zero-order valence-electron chi connectivity index (χ0n) is 12.3. The lowest BCUT2D eigenvalue weighted by atomic mass is 10.1. The number of methoxy groups -OCH3 is 1. The normalized spacial score (nSPS) is 22.0. The van der Waals surface area contributed by atoms with Crippen molar-refractivity contribution < 1.29 is 19.1 Å². The van der Waals surface area contributed by atoms with Crippen molar-refractivity contribution in [3.05, 3.63) is 30.0 Å². The van der Waals surface area contributed by atoms with E-state index in [2.05, 4.69) is 0 Å². The molecule has 0 aliphatic carbocycles. The molecule has 112 valence electrons. The van der Waals surface area contributed by atoms with Crippen LogP contribution < -0.4 is 4.74 Å². The Morgan fingerprint density at radius 3 is 3.00 bits per heavy atom. The second-order valence-corrected chi connectivity index (χ2v) is 5.86. The summed E-state index contributed by atoms with van der Waals surface area (Å²) in [6.07, 6.45) is 2.54. The van der Waals surface area contributed by atoms with Crippen molar-refractivity contribution in [2.75, 3.05) is 20.2 Å². The van der Waals surface area contributed by atoms with Crippen LogP contribution in [0.15, 0.2) is 28.9 Å². The second kappa shape index (κ2) is 5.07. The van der Waals surface area contributed by atoms with E-state index in [0.29, 0.717) is 25.1 Å². The fourth-order valence-corrected chi connectivity index (χ4v) is 2.76.